The van der Waals surface area contributed by atoms with E-state index in [4.69, 9.17) is 13.8 Å². The van der Waals surface area contributed by atoms with E-state index in [-0.39, 0.29) is 18.3 Å². The lowest BCUT2D eigenvalue weighted by atomic mass is 10.1. The van der Waals surface area contributed by atoms with Crippen LogP contribution in [-0.4, -0.2) is 43.0 Å². The summed E-state index contributed by atoms with van der Waals surface area (Å²) in [6.07, 6.45) is 0.471. The topological polar surface area (TPSA) is 65.1 Å². The highest BCUT2D eigenvalue weighted by atomic mass is 31.2. The highest BCUT2D eigenvalue weighted by Gasteiger charge is 2.35. The lowest BCUT2D eigenvalue weighted by molar-refractivity contribution is 0.156. The summed E-state index contributed by atoms with van der Waals surface area (Å²) in [4.78, 5) is 13.6. The minimum atomic E-state index is -3.09. The first kappa shape index (κ1) is 18.0. The highest BCUT2D eigenvalue weighted by Crippen LogP contribution is 2.49. The van der Waals surface area contributed by atoms with Crippen LogP contribution >= 0.6 is 7.60 Å². The van der Waals surface area contributed by atoms with Crippen molar-refractivity contribution >= 4 is 13.7 Å². The lowest BCUT2D eigenvalue weighted by Gasteiger charge is -2.23. The summed E-state index contributed by atoms with van der Waals surface area (Å²) in [6, 6.07) is 9.62. The van der Waals surface area contributed by atoms with Crippen LogP contribution in [0.5, 0.6) is 0 Å². The van der Waals surface area contributed by atoms with Crippen LogP contribution in [0.2, 0.25) is 0 Å². The number of cyclic esters (lactones) is 1. The van der Waals surface area contributed by atoms with E-state index < -0.39 is 7.60 Å². The van der Waals surface area contributed by atoms with E-state index >= 15 is 0 Å². The molecule has 1 aliphatic heterocycles. The molecule has 23 heavy (non-hydrogen) atoms. The number of carbonyl (C=O) groups is 1. The summed E-state index contributed by atoms with van der Waals surface area (Å²) in [5, 5.41) is 0. The van der Waals surface area contributed by atoms with Gasteiger partial charge in [0.05, 0.1) is 25.4 Å². The number of hydrogen-bond donors (Lipinski definition) is 0. The lowest BCUT2D eigenvalue weighted by Crippen LogP contribution is -2.33. The van der Waals surface area contributed by atoms with Gasteiger partial charge in [0.2, 0.25) is 0 Å². The Morgan fingerprint density at radius 1 is 1.22 bits per heavy atom. The van der Waals surface area contributed by atoms with Crippen molar-refractivity contribution in [2.45, 2.75) is 32.9 Å². The number of hydrogen-bond acceptors (Lipinski definition) is 5. The van der Waals surface area contributed by atoms with Crippen molar-refractivity contribution in [1.29, 1.82) is 0 Å². The molecule has 1 atom stereocenters. The quantitative estimate of drug-likeness (QED) is 0.641. The van der Waals surface area contributed by atoms with E-state index in [0.29, 0.717) is 32.8 Å². The van der Waals surface area contributed by atoms with Crippen LogP contribution in [0.1, 0.15) is 25.8 Å². The average Bonchev–Trinajstić information content (AvgIpc) is 2.88. The van der Waals surface area contributed by atoms with E-state index in [1.54, 1.807) is 18.7 Å². The van der Waals surface area contributed by atoms with Crippen LogP contribution < -0.4 is 0 Å². The molecular weight excluding hydrogens is 317 g/mol. The largest absolute Gasteiger partial charge is 0.447 e. The molecule has 1 heterocycles. The van der Waals surface area contributed by atoms with Gasteiger partial charge < -0.3 is 13.8 Å². The number of benzene rings is 1. The number of carbonyl (C=O) groups excluding carboxylic acids is 1. The van der Waals surface area contributed by atoms with Gasteiger partial charge in [-0.25, -0.2) is 4.79 Å². The maximum atomic E-state index is 12.5. The minimum absolute atomic E-state index is 0.114. The van der Waals surface area contributed by atoms with Crippen LogP contribution in [0.25, 0.3) is 0 Å². The number of rotatable bonds is 9. The van der Waals surface area contributed by atoms with E-state index in [0.717, 1.165) is 5.56 Å². The molecule has 6 nitrogen and oxygen atoms in total. The Morgan fingerprint density at radius 2 is 1.87 bits per heavy atom. The zero-order chi connectivity index (χ0) is 16.7. The Bertz CT molecular complexity index is 541. The molecule has 1 aliphatic rings. The molecule has 1 saturated heterocycles. The number of ether oxygens (including phenoxy) is 1. The van der Waals surface area contributed by atoms with Crippen molar-refractivity contribution in [3.63, 3.8) is 0 Å². The summed E-state index contributed by atoms with van der Waals surface area (Å²) in [7, 11) is -3.09. The maximum absolute atomic E-state index is 12.5. The normalized spacial score (nSPS) is 18.3. The van der Waals surface area contributed by atoms with Gasteiger partial charge >= 0.3 is 13.7 Å². The predicted molar refractivity (Wildman–Crippen MR) is 87.5 cm³/mol. The van der Waals surface area contributed by atoms with Crippen LogP contribution in [0.15, 0.2) is 30.3 Å². The van der Waals surface area contributed by atoms with Crippen molar-refractivity contribution in [3.05, 3.63) is 35.9 Å². The van der Waals surface area contributed by atoms with Gasteiger partial charge in [-0.15, -0.1) is 0 Å². The van der Waals surface area contributed by atoms with Crippen LogP contribution in [-0.2, 0) is 24.9 Å². The van der Waals surface area contributed by atoms with Gasteiger partial charge in [0.25, 0.3) is 0 Å². The molecule has 7 heteroatoms. The predicted octanol–water partition coefficient (Wildman–Crippen LogP) is 3.66. The third-order valence-corrected chi connectivity index (χ3v) is 5.77. The molecule has 0 aliphatic carbocycles. The van der Waals surface area contributed by atoms with Gasteiger partial charge in [-0.2, -0.15) is 0 Å². The molecule has 2 rings (SSSR count). The highest BCUT2D eigenvalue weighted by molar-refractivity contribution is 7.53. The van der Waals surface area contributed by atoms with Gasteiger partial charge in [0.1, 0.15) is 6.61 Å². The fourth-order valence-electron chi connectivity index (χ4n) is 2.57. The van der Waals surface area contributed by atoms with E-state index in [9.17, 15) is 9.36 Å². The third kappa shape index (κ3) is 5.06. The van der Waals surface area contributed by atoms with Gasteiger partial charge in [-0.1, -0.05) is 30.3 Å². The first-order valence-corrected chi connectivity index (χ1v) is 9.66. The molecule has 1 fully saturated rings. The zero-order valence-electron chi connectivity index (χ0n) is 13.6. The van der Waals surface area contributed by atoms with E-state index in [2.05, 4.69) is 0 Å². The molecular formula is C16H24NO5P. The molecule has 128 valence electrons. The molecule has 0 spiro atoms. The second kappa shape index (κ2) is 8.48. The summed E-state index contributed by atoms with van der Waals surface area (Å²) in [6.45, 7) is 5.04. The van der Waals surface area contributed by atoms with Crippen molar-refractivity contribution in [2.75, 3.05) is 26.0 Å². The zero-order valence-corrected chi connectivity index (χ0v) is 14.5. The Labute approximate surface area is 137 Å². The van der Waals surface area contributed by atoms with Gasteiger partial charge in [-0.05, 0) is 25.8 Å². The van der Waals surface area contributed by atoms with Crippen LogP contribution in [0.3, 0.4) is 0 Å². The van der Waals surface area contributed by atoms with Crippen molar-refractivity contribution in [3.8, 4) is 0 Å². The number of amides is 1. The average molecular weight is 341 g/mol. The first-order valence-electron chi connectivity index (χ1n) is 7.93. The number of nitrogens with zero attached hydrogens (tertiary/aromatic N) is 1. The SMILES string of the molecule is CCOP(=O)(CC[C@H]1COC(=O)N1Cc1ccccc1)OCC. The fraction of sp³-hybridized carbons (Fsp3) is 0.562. The summed E-state index contributed by atoms with van der Waals surface area (Å²) < 4.78 is 28.3. The molecule has 0 radical (unpaired) electrons. The molecule has 0 aromatic heterocycles. The Kier molecular flexibility index (Phi) is 6.63. The van der Waals surface area contributed by atoms with Gasteiger partial charge in [0, 0.05) is 6.54 Å². The minimum Gasteiger partial charge on any atom is -0.447 e. The summed E-state index contributed by atoms with van der Waals surface area (Å²) in [5.41, 5.74) is 1.04. The first-order chi connectivity index (χ1) is 11.1. The molecule has 0 unspecified atom stereocenters. The van der Waals surface area contributed by atoms with Crippen LogP contribution in [0, 0.1) is 0 Å². The van der Waals surface area contributed by atoms with Crippen molar-refractivity contribution in [2.24, 2.45) is 0 Å². The molecule has 0 saturated carbocycles. The fourth-order valence-corrected chi connectivity index (χ4v) is 4.30. The molecule has 1 amide bonds. The standard InChI is InChI=1S/C16H24NO5P/c1-3-21-23(19,22-4-2)11-10-15-13-20-16(18)17(15)12-14-8-6-5-7-9-14/h5-9,15H,3-4,10-13H2,1-2H3/t15-/m0/s1. The molecule has 0 N–H and O–H groups in total. The van der Waals surface area contributed by atoms with Crippen molar-refractivity contribution in [1.82, 2.24) is 4.90 Å². The molecule has 1 aromatic rings. The smallest absolute Gasteiger partial charge is 0.410 e. The van der Waals surface area contributed by atoms with Crippen molar-refractivity contribution < 1.29 is 23.1 Å². The van der Waals surface area contributed by atoms with Gasteiger partial charge in [-0.3, -0.25) is 9.46 Å². The van der Waals surface area contributed by atoms with E-state index in [1.807, 2.05) is 30.3 Å². The van der Waals surface area contributed by atoms with Crippen LogP contribution in [0.4, 0.5) is 4.79 Å². The monoisotopic (exact) mass is 341 g/mol. The Hall–Kier alpha value is -1.36. The third-order valence-electron chi connectivity index (χ3n) is 3.66. The van der Waals surface area contributed by atoms with Gasteiger partial charge in [0.15, 0.2) is 0 Å². The molecule has 0 bridgehead atoms. The van der Waals surface area contributed by atoms with E-state index in [1.165, 1.54) is 0 Å². The summed E-state index contributed by atoms with van der Waals surface area (Å²) >= 11 is 0. The Morgan fingerprint density at radius 3 is 2.48 bits per heavy atom. The molecule has 1 aromatic carbocycles. The second-order valence-corrected chi connectivity index (χ2v) is 7.49. The summed E-state index contributed by atoms with van der Waals surface area (Å²) in [5.74, 6) is 0. The Balaban J connectivity index is 1.97. The second-order valence-electron chi connectivity index (χ2n) is 5.30. The maximum Gasteiger partial charge on any atom is 0.410 e.